The van der Waals surface area contributed by atoms with Gasteiger partial charge in [0, 0.05) is 30.6 Å². The summed E-state index contributed by atoms with van der Waals surface area (Å²) in [6.07, 6.45) is 4.29. The van der Waals surface area contributed by atoms with E-state index in [4.69, 9.17) is 9.47 Å². The average Bonchev–Trinajstić information content (AvgIpc) is 3.02. The third-order valence-electron chi connectivity index (χ3n) is 5.62. The molecular formula is C20H27N3O4. The van der Waals surface area contributed by atoms with E-state index in [1.165, 1.54) is 0 Å². The quantitative estimate of drug-likeness (QED) is 0.751. The number of piperidine rings is 1. The topological polar surface area (TPSA) is 72.0 Å². The number of nitrogens with zero attached hydrogens (tertiary/aromatic N) is 3. The van der Waals surface area contributed by atoms with E-state index < -0.39 is 11.2 Å². The SMILES string of the molecule is Cc1ccc(N2CC3(CC4CCC(C3)N4C(=O)OC(C)(C)C)OC2=O)cn1. The third kappa shape index (κ3) is 3.35. The van der Waals surface area contributed by atoms with Crippen molar-refractivity contribution >= 4 is 17.9 Å². The van der Waals surface area contributed by atoms with Crippen molar-refractivity contribution in [3.63, 3.8) is 0 Å². The molecule has 0 saturated carbocycles. The second-order valence-electron chi connectivity index (χ2n) is 8.98. The molecule has 3 aliphatic rings. The fourth-order valence-electron chi connectivity index (χ4n) is 4.57. The average molecular weight is 373 g/mol. The number of carbonyl (C=O) groups excluding carboxylic acids is 2. The molecule has 2 unspecified atom stereocenters. The maximum Gasteiger partial charge on any atom is 0.415 e. The third-order valence-corrected chi connectivity index (χ3v) is 5.62. The molecule has 1 aromatic heterocycles. The van der Waals surface area contributed by atoms with E-state index in [1.54, 1.807) is 11.1 Å². The number of ether oxygens (including phenoxy) is 2. The number of rotatable bonds is 1. The molecule has 7 heteroatoms. The summed E-state index contributed by atoms with van der Waals surface area (Å²) in [5.74, 6) is 0. The van der Waals surface area contributed by atoms with Crippen LogP contribution in [0.15, 0.2) is 18.3 Å². The standard InChI is InChI=1S/C20H27N3O4/c1-13-5-6-16(11-21-13)22-12-20(27-17(22)24)9-14-7-8-15(10-20)23(14)18(25)26-19(2,3)4/h5-6,11,14-15H,7-10,12H2,1-4H3. The molecule has 2 amide bonds. The van der Waals surface area contributed by atoms with Crippen molar-refractivity contribution in [2.75, 3.05) is 11.4 Å². The first-order valence-electron chi connectivity index (χ1n) is 9.60. The molecule has 2 atom stereocenters. The van der Waals surface area contributed by atoms with Crippen LogP contribution in [0.25, 0.3) is 0 Å². The van der Waals surface area contributed by atoms with Crippen LogP contribution >= 0.6 is 0 Å². The van der Waals surface area contributed by atoms with Crippen molar-refractivity contribution in [1.82, 2.24) is 9.88 Å². The second kappa shape index (κ2) is 6.11. The van der Waals surface area contributed by atoms with E-state index in [9.17, 15) is 9.59 Å². The van der Waals surface area contributed by atoms with Crippen LogP contribution in [-0.4, -0.2) is 51.9 Å². The van der Waals surface area contributed by atoms with E-state index in [1.807, 2.05) is 44.7 Å². The Bertz CT molecular complexity index is 741. The van der Waals surface area contributed by atoms with Crippen LogP contribution in [0.2, 0.25) is 0 Å². The molecule has 0 radical (unpaired) electrons. The van der Waals surface area contributed by atoms with E-state index in [-0.39, 0.29) is 24.3 Å². The number of aromatic nitrogens is 1. The highest BCUT2D eigenvalue weighted by Crippen LogP contribution is 2.46. The van der Waals surface area contributed by atoms with Crippen LogP contribution in [0, 0.1) is 6.92 Å². The molecule has 1 spiro atoms. The number of amides is 2. The smallest absolute Gasteiger partial charge is 0.415 e. The zero-order chi connectivity index (χ0) is 19.4. The van der Waals surface area contributed by atoms with Crippen LogP contribution < -0.4 is 4.90 Å². The van der Waals surface area contributed by atoms with Crippen LogP contribution in [0.4, 0.5) is 15.3 Å². The van der Waals surface area contributed by atoms with Gasteiger partial charge in [-0.1, -0.05) is 0 Å². The van der Waals surface area contributed by atoms with Gasteiger partial charge in [-0.3, -0.25) is 9.88 Å². The molecule has 4 heterocycles. The predicted molar refractivity (Wildman–Crippen MR) is 99.6 cm³/mol. The summed E-state index contributed by atoms with van der Waals surface area (Å²) in [7, 11) is 0. The van der Waals surface area contributed by atoms with Crippen molar-refractivity contribution in [3.05, 3.63) is 24.0 Å². The number of carbonyl (C=O) groups is 2. The Morgan fingerprint density at radius 2 is 1.93 bits per heavy atom. The molecule has 0 aromatic carbocycles. The van der Waals surface area contributed by atoms with Crippen LogP contribution in [0.3, 0.4) is 0 Å². The monoisotopic (exact) mass is 373 g/mol. The van der Waals surface area contributed by atoms with Crippen molar-refractivity contribution in [1.29, 1.82) is 0 Å². The molecule has 7 nitrogen and oxygen atoms in total. The van der Waals surface area contributed by atoms with Gasteiger partial charge in [-0.05, 0) is 52.7 Å². The molecule has 0 aliphatic carbocycles. The summed E-state index contributed by atoms with van der Waals surface area (Å²) < 4.78 is 11.5. The maximum atomic E-state index is 12.6. The Hall–Kier alpha value is -2.31. The Morgan fingerprint density at radius 3 is 2.48 bits per heavy atom. The molecule has 4 rings (SSSR count). The van der Waals surface area contributed by atoms with E-state index in [2.05, 4.69) is 4.98 Å². The van der Waals surface area contributed by atoms with Crippen LogP contribution in [-0.2, 0) is 9.47 Å². The summed E-state index contributed by atoms with van der Waals surface area (Å²) in [6.45, 7) is 8.06. The molecule has 3 aliphatic heterocycles. The lowest BCUT2D eigenvalue weighted by atomic mass is 9.86. The second-order valence-corrected chi connectivity index (χ2v) is 8.98. The minimum atomic E-state index is -0.535. The van der Waals surface area contributed by atoms with Gasteiger partial charge in [-0.15, -0.1) is 0 Å². The van der Waals surface area contributed by atoms with Crippen molar-refractivity contribution < 1.29 is 19.1 Å². The van der Waals surface area contributed by atoms with Gasteiger partial charge >= 0.3 is 12.2 Å². The van der Waals surface area contributed by atoms with Crippen LogP contribution in [0.5, 0.6) is 0 Å². The lowest BCUT2D eigenvalue weighted by molar-refractivity contribution is -0.0424. The Morgan fingerprint density at radius 1 is 1.26 bits per heavy atom. The van der Waals surface area contributed by atoms with Gasteiger partial charge in [0.2, 0.25) is 0 Å². The number of fused-ring (bicyclic) bond motifs is 2. The molecule has 3 saturated heterocycles. The number of pyridine rings is 1. The number of aryl methyl sites for hydroxylation is 1. The summed E-state index contributed by atoms with van der Waals surface area (Å²) in [5.41, 5.74) is 0.613. The predicted octanol–water partition coefficient (Wildman–Crippen LogP) is 3.65. The van der Waals surface area contributed by atoms with Gasteiger partial charge < -0.3 is 14.4 Å². The van der Waals surface area contributed by atoms with Crippen LogP contribution in [0.1, 0.15) is 52.1 Å². The minimum Gasteiger partial charge on any atom is -0.444 e. The molecule has 146 valence electrons. The largest absolute Gasteiger partial charge is 0.444 e. The normalized spacial score (nSPS) is 30.0. The molecule has 27 heavy (non-hydrogen) atoms. The summed E-state index contributed by atoms with van der Waals surface area (Å²) in [6, 6.07) is 3.90. The van der Waals surface area contributed by atoms with Crippen molar-refractivity contribution in [2.24, 2.45) is 0 Å². The Labute approximate surface area is 159 Å². The molecule has 2 bridgehead atoms. The summed E-state index contributed by atoms with van der Waals surface area (Å²) in [4.78, 5) is 33.0. The zero-order valence-corrected chi connectivity index (χ0v) is 16.4. The lowest BCUT2D eigenvalue weighted by Crippen LogP contribution is -2.55. The number of anilines is 1. The highest BCUT2D eigenvalue weighted by atomic mass is 16.6. The first kappa shape index (κ1) is 18.1. The summed E-state index contributed by atoms with van der Waals surface area (Å²) >= 11 is 0. The Balaban J connectivity index is 1.50. The first-order valence-corrected chi connectivity index (χ1v) is 9.60. The zero-order valence-electron chi connectivity index (χ0n) is 16.4. The first-order chi connectivity index (χ1) is 12.7. The lowest BCUT2D eigenvalue weighted by Gasteiger charge is -2.43. The molecule has 0 N–H and O–H groups in total. The van der Waals surface area contributed by atoms with Gasteiger partial charge in [-0.25, -0.2) is 9.59 Å². The number of hydrogen-bond acceptors (Lipinski definition) is 5. The van der Waals surface area contributed by atoms with Gasteiger partial charge in [-0.2, -0.15) is 0 Å². The van der Waals surface area contributed by atoms with E-state index in [0.717, 1.165) is 24.2 Å². The highest BCUT2D eigenvalue weighted by Gasteiger charge is 2.57. The molecule has 1 aromatic rings. The number of hydrogen-bond donors (Lipinski definition) is 0. The molecule has 3 fully saturated rings. The van der Waals surface area contributed by atoms with E-state index >= 15 is 0 Å². The highest BCUT2D eigenvalue weighted by molar-refractivity contribution is 5.90. The van der Waals surface area contributed by atoms with Crippen molar-refractivity contribution in [2.45, 2.75) is 76.7 Å². The fraction of sp³-hybridized carbons (Fsp3) is 0.650. The molecular weight excluding hydrogens is 346 g/mol. The van der Waals surface area contributed by atoms with Crippen molar-refractivity contribution in [3.8, 4) is 0 Å². The maximum absolute atomic E-state index is 12.6. The fourth-order valence-corrected chi connectivity index (χ4v) is 4.57. The van der Waals surface area contributed by atoms with Gasteiger partial charge in [0.15, 0.2) is 0 Å². The van der Waals surface area contributed by atoms with Gasteiger partial charge in [0.25, 0.3) is 0 Å². The Kier molecular flexibility index (Phi) is 4.09. The van der Waals surface area contributed by atoms with Gasteiger partial charge in [0.1, 0.15) is 11.2 Å². The van der Waals surface area contributed by atoms with Gasteiger partial charge in [0.05, 0.1) is 18.4 Å². The van der Waals surface area contributed by atoms with E-state index in [0.29, 0.717) is 19.4 Å². The minimum absolute atomic E-state index is 0.0579. The summed E-state index contributed by atoms with van der Waals surface area (Å²) in [5, 5.41) is 0.